The summed E-state index contributed by atoms with van der Waals surface area (Å²) in [6.45, 7) is 8.32. The molecule has 0 saturated carbocycles. The lowest BCUT2D eigenvalue weighted by atomic mass is 10.1. The van der Waals surface area contributed by atoms with Gasteiger partial charge in [-0.2, -0.15) is 5.26 Å². The molecular formula is C23H28N2O3. The van der Waals surface area contributed by atoms with Gasteiger partial charge in [-0.25, -0.2) is 0 Å². The molecule has 28 heavy (non-hydrogen) atoms. The number of rotatable bonds is 10. The van der Waals surface area contributed by atoms with Crippen molar-refractivity contribution in [3.63, 3.8) is 0 Å². The molecule has 2 aromatic rings. The number of hydrogen-bond acceptors (Lipinski definition) is 4. The molecule has 0 N–H and O–H groups in total. The second kappa shape index (κ2) is 11.0. The predicted molar refractivity (Wildman–Crippen MR) is 110 cm³/mol. The molecule has 0 aromatic heterocycles. The SMILES string of the molecule is CCCOc1ccc(CN(CCC)C(=O)c2cccc(C#N)c2)cc1OCC. The van der Waals surface area contributed by atoms with E-state index >= 15 is 0 Å². The van der Waals surface area contributed by atoms with Crippen molar-refractivity contribution in [1.82, 2.24) is 4.90 Å². The van der Waals surface area contributed by atoms with E-state index < -0.39 is 0 Å². The van der Waals surface area contributed by atoms with Crippen LogP contribution < -0.4 is 9.47 Å². The number of benzene rings is 2. The van der Waals surface area contributed by atoms with Gasteiger partial charge < -0.3 is 14.4 Å². The molecular weight excluding hydrogens is 352 g/mol. The fourth-order valence-electron chi connectivity index (χ4n) is 2.90. The Kier molecular flexibility index (Phi) is 8.36. The molecule has 148 valence electrons. The van der Waals surface area contributed by atoms with Crippen molar-refractivity contribution in [3.8, 4) is 17.6 Å². The lowest BCUT2D eigenvalue weighted by molar-refractivity contribution is 0.0743. The minimum Gasteiger partial charge on any atom is -0.490 e. The van der Waals surface area contributed by atoms with Crippen molar-refractivity contribution in [2.45, 2.75) is 40.2 Å². The molecule has 0 saturated heterocycles. The van der Waals surface area contributed by atoms with Gasteiger partial charge in [-0.3, -0.25) is 4.79 Å². The van der Waals surface area contributed by atoms with E-state index in [1.165, 1.54) is 0 Å². The Morgan fingerprint density at radius 2 is 1.86 bits per heavy atom. The first-order chi connectivity index (χ1) is 13.6. The Hall–Kier alpha value is -3.00. The first-order valence-electron chi connectivity index (χ1n) is 9.80. The van der Waals surface area contributed by atoms with E-state index in [1.807, 2.05) is 32.0 Å². The molecule has 0 aliphatic rings. The van der Waals surface area contributed by atoms with Gasteiger partial charge in [-0.05, 0) is 55.7 Å². The van der Waals surface area contributed by atoms with Crippen LogP contribution in [0.3, 0.4) is 0 Å². The maximum absolute atomic E-state index is 13.0. The average Bonchev–Trinajstić information content (AvgIpc) is 2.72. The Balaban J connectivity index is 2.24. The first-order valence-corrected chi connectivity index (χ1v) is 9.80. The lowest BCUT2D eigenvalue weighted by Crippen LogP contribution is -2.31. The molecule has 0 spiro atoms. The maximum Gasteiger partial charge on any atom is 0.254 e. The topological polar surface area (TPSA) is 62.6 Å². The summed E-state index contributed by atoms with van der Waals surface area (Å²) in [6, 6.07) is 14.7. The number of carbonyl (C=O) groups is 1. The van der Waals surface area contributed by atoms with E-state index in [9.17, 15) is 4.79 Å². The second-order valence-corrected chi connectivity index (χ2v) is 6.48. The summed E-state index contributed by atoms with van der Waals surface area (Å²) in [4.78, 5) is 14.8. The van der Waals surface area contributed by atoms with E-state index in [-0.39, 0.29) is 5.91 Å². The number of hydrogen-bond donors (Lipinski definition) is 0. The second-order valence-electron chi connectivity index (χ2n) is 6.48. The third-order valence-corrected chi connectivity index (χ3v) is 4.16. The maximum atomic E-state index is 13.0. The molecule has 2 rings (SSSR count). The van der Waals surface area contributed by atoms with Crippen LogP contribution in [-0.4, -0.2) is 30.6 Å². The van der Waals surface area contributed by atoms with Crippen LogP contribution in [0.5, 0.6) is 11.5 Å². The minimum atomic E-state index is -0.0804. The van der Waals surface area contributed by atoms with Crippen LogP contribution >= 0.6 is 0 Å². The molecule has 5 heteroatoms. The van der Waals surface area contributed by atoms with Gasteiger partial charge in [0.25, 0.3) is 5.91 Å². The van der Waals surface area contributed by atoms with E-state index in [2.05, 4.69) is 13.0 Å². The van der Waals surface area contributed by atoms with Crippen LogP contribution in [0.15, 0.2) is 42.5 Å². The lowest BCUT2D eigenvalue weighted by Gasteiger charge is -2.23. The third kappa shape index (κ3) is 5.75. The smallest absolute Gasteiger partial charge is 0.254 e. The van der Waals surface area contributed by atoms with Crippen molar-refractivity contribution < 1.29 is 14.3 Å². The highest BCUT2D eigenvalue weighted by Gasteiger charge is 2.17. The van der Waals surface area contributed by atoms with Gasteiger partial charge in [0.05, 0.1) is 24.8 Å². The quantitative estimate of drug-likeness (QED) is 0.594. The molecule has 0 aliphatic carbocycles. The Morgan fingerprint density at radius 3 is 2.54 bits per heavy atom. The summed E-state index contributed by atoms with van der Waals surface area (Å²) in [5, 5.41) is 9.09. The fraction of sp³-hybridized carbons (Fsp3) is 0.391. The van der Waals surface area contributed by atoms with Crippen molar-refractivity contribution in [1.29, 1.82) is 5.26 Å². The predicted octanol–water partition coefficient (Wildman–Crippen LogP) is 4.80. The zero-order valence-corrected chi connectivity index (χ0v) is 16.9. The average molecular weight is 380 g/mol. The molecule has 0 bridgehead atoms. The zero-order chi connectivity index (χ0) is 20.4. The number of ether oxygens (including phenoxy) is 2. The van der Waals surface area contributed by atoms with Crippen LogP contribution in [0.4, 0.5) is 0 Å². The summed E-state index contributed by atoms with van der Waals surface area (Å²) >= 11 is 0. The van der Waals surface area contributed by atoms with Crippen LogP contribution in [-0.2, 0) is 6.54 Å². The molecule has 0 atom stereocenters. The van der Waals surface area contributed by atoms with Crippen LogP contribution in [0.1, 0.15) is 55.1 Å². The van der Waals surface area contributed by atoms with Crippen molar-refractivity contribution in [2.24, 2.45) is 0 Å². The highest BCUT2D eigenvalue weighted by molar-refractivity contribution is 5.94. The molecule has 0 radical (unpaired) electrons. The Labute approximate surface area is 167 Å². The number of nitrogens with zero attached hydrogens (tertiary/aromatic N) is 2. The minimum absolute atomic E-state index is 0.0804. The normalized spacial score (nSPS) is 10.2. The highest BCUT2D eigenvalue weighted by Crippen LogP contribution is 2.29. The van der Waals surface area contributed by atoms with E-state index in [0.29, 0.717) is 43.2 Å². The van der Waals surface area contributed by atoms with E-state index in [0.717, 1.165) is 24.2 Å². The highest BCUT2D eigenvalue weighted by atomic mass is 16.5. The Bertz CT molecular complexity index is 827. The van der Waals surface area contributed by atoms with Gasteiger partial charge >= 0.3 is 0 Å². The summed E-state index contributed by atoms with van der Waals surface area (Å²) in [5.41, 5.74) is 1.99. The number of amides is 1. The summed E-state index contributed by atoms with van der Waals surface area (Å²) in [5.74, 6) is 1.34. The van der Waals surface area contributed by atoms with Crippen molar-refractivity contribution in [2.75, 3.05) is 19.8 Å². The zero-order valence-electron chi connectivity index (χ0n) is 16.9. The number of nitriles is 1. The third-order valence-electron chi connectivity index (χ3n) is 4.16. The summed E-state index contributed by atoms with van der Waals surface area (Å²) in [6.07, 6.45) is 1.77. The monoisotopic (exact) mass is 380 g/mol. The van der Waals surface area contributed by atoms with Crippen molar-refractivity contribution in [3.05, 3.63) is 59.2 Å². The van der Waals surface area contributed by atoms with Gasteiger partial charge in [0.2, 0.25) is 0 Å². The van der Waals surface area contributed by atoms with Crippen LogP contribution in [0, 0.1) is 11.3 Å². The Morgan fingerprint density at radius 1 is 1.04 bits per heavy atom. The van der Waals surface area contributed by atoms with Gasteiger partial charge in [-0.15, -0.1) is 0 Å². The summed E-state index contributed by atoms with van der Waals surface area (Å²) in [7, 11) is 0. The standard InChI is InChI=1S/C23H28N2O3/c1-4-12-25(23(26)20-9-7-8-18(14-20)16-24)17-19-10-11-21(28-13-5-2)22(15-19)27-6-3/h7-11,14-15H,4-6,12-13,17H2,1-3H3. The van der Waals surface area contributed by atoms with Crippen LogP contribution in [0.2, 0.25) is 0 Å². The van der Waals surface area contributed by atoms with Crippen molar-refractivity contribution >= 4 is 5.91 Å². The molecule has 0 unspecified atom stereocenters. The fourth-order valence-corrected chi connectivity index (χ4v) is 2.90. The van der Waals surface area contributed by atoms with Gasteiger partial charge in [0.1, 0.15) is 0 Å². The van der Waals surface area contributed by atoms with E-state index in [1.54, 1.807) is 29.2 Å². The molecule has 1 amide bonds. The van der Waals surface area contributed by atoms with Gasteiger partial charge in [-0.1, -0.05) is 26.0 Å². The molecule has 0 fully saturated rings. The number of carbonyl (C=O) groups excluding carboxylic acids is 1. The largest absolute Gasteiger partial charge is 0.490 e. The first kappa shape index (κ1) is 21.3. The summed E-state index contributed by atoms with van der Waals surface area (Å²) < 4.78 is 11.5. The van der Waals surface area contributed by atoms with Gasteiger partial charge in [0, 0.05) is 18.7 Å². The molecule has 0 heterocycles. The molecule has 2 aromatic carbocycles. The molecule has 0 aliphatic heterocycles. The molecule has 5 nitrogen and oxygen atoms in total. The van der Waals surface area contributed by atoms with Crippen LogP contribution in [0.25, 0.3) is 0 Å². The van der Waals surface area contributed by atoms with Gasteiger partial charge in [0.15, 0.2) is 11.5 Å². The van der Waals surface area contributed by atoms with E-state index in [4.69, 9.17) is 14.7 Å².